The van der Waals surface area contributed by atoms with Crippen molar-refractivity contribution in [1.29, 1.82) is 0 Å². The summed E-state index contributed by atoms with van der Waals surface area (Å²) in [6.45, 7) is 10.2. The molecular weight excluding hydrogens is 462 g/mol. The van der Waals surface area contributed by atoms with Crippen molar-refractivity contribution in [1.82, 2.24) is 19.1 Å². The minimum atomic E-state index is -0.347. The summed E-state index contributed by atoms with van der Waals surface area (Å²) in [5.74, 6) is -0.347. The minimum Gasteiger partial charge on any atom is -0.304 e. The summed E-state index contributed by atoms with van der Waals surface area (Å²) in [5, 5.41) is 5.20. The van der Waals surface area contributed by atoms with Crippen LogP contribution in [0.15, 0.2) is 41.3 Å². The van der Waals surface area contributed by atoms with Crippen LogP contribution in [0.5, 0.6) is 0 Å². The Morgan fingerprint density at radius 2 is 2.00 bits per heavy atom. The summed E-state index contributed by atoms with van der Waals surface area (Å²) in [6, 6.07) is 4.24. The van der Waals surface area contributed by atoms with Crippen molar-refractivity contribution in [2.45, 2.75) is 33.9 Å². The standard InChI is InChI=1S/C22H21N5O2S3/c1-5-6-27-19-18(32-22(27)30)20(29)26(11-23-19)9-16(28)25-21-24-15(10-31-21)17-13(3)7-12(2)8-14(17)4/h5,7-8,10-11H,1,6,9H2,2-4H3,(H,24,25,28). The van der Waals surface area contributed by atoms with E-state index in [0.29, 0.717) is 26.0 Å². The first-order valence-corrected chi connectivity index (χ1v) is 11.9. The zero-order valence-electron chi connectivity index (χ0n) is 17.8. The predicted molar refractivity (Wildman–Crippen MR) is 133 cm³/mol. The molecule has 4 aromatic rings. The van der Waals surface area contributed by atoms with Crippen LogP contribution < -0.4 is 10.9 Å². The van der Waals surface area contributed by atoms with Gasteiger partial charge in [-0.05, 0) is 44.1 Å². The van der Waals surface area contributed by atoms with Crippen LogP contribution in [0, 0.1) is 24.7 Å². The molecule has 0 spiro atoms. The Hall–Kier alpha value is -2.95. The first-order valence-electron chi connectivity index (χ1n) is 9.81. The van der Waals surface area contributed by atoms with Crippen LogP contribution in [0.3, 0.4) is 0 Å². The number of thiazole rings is 2. The number of nitrogens with zero attached hydrogens (tertiary/aromatic N) is 4. The lowest BCUT2D eigenvalue weighted by Crippen LogP contribution is -2.27. The SMILES string of the molecule is C=CCn1c(=S)sc2c(=O)n(CC(=O)Nc3nc(-c4c(C)cc(C)cc4C)cs3)cnc21. The molecule has 1 N–H and O–H groups in total. The Labute approximate surface area is 197 Å². The van der Waals surface area contributed by atoms with Crippen LogP contribution >= 0.6 is 34.9 Å². The molecule has 1 aromatic carbocycles. The third-order valence-corrected chi connectivity index (χ3v) is 7.14. The first kappa shape index (κ1) is 22.3. The molecule has 0 atom stereocenters. The number of amides is 1. The van der Waals surface area contributed by atoms with Gasteiger partial charge in [0.15, 0.2) is 14.7 Å². The van der Waals surface area contributed by atoms with E-state index in [1.807, 2.05) is 5.38 Å². The number of carbonyl (C=O) groups excluding carboxylic acids is 1. The van der Waals surface area contributed by atoms with Gasteiger partial charge in [-0.2, -0.15) is 0 Å². The van der Waals surface area contributed by atoms with Crippen molar-refractivity contribution in [2.24, 2.45) is 0 Å². The average molecular weight is 484 g/mol. The largest absolute Gasteiger partial charge is 0.304 e. The molecule has 0 aliphatic heterocycles. The monoisotopic (exact) mass is 483 g/mol. The number of allylic oxidation sites excluding steroid dienone is 1. The number of fused-ring (bicyclic) bond motifs is 1. The highest BCUT2D eigenvalue weighted by Crippen LogP contribution is 2.31. The molecule has 0 fully saturated rings. The number of anilines is 1. The molecule has 0 aliphatic carbocycles. The number of aryl methyl sites for hydroxylation is 3. The fourth-order valence-corrected chi connectivity index (χ4v) is 5.75. The number of hydrogen-bond acceptors (Lipinski definition) is 7. The number of hydrogen-bond donors (Lipinski definition) is 1. The third-order valence-electron chi connectivity index (χ3n) is 4.95. The molecule has 32 heavy (non-hydrogen) atoms. The highest BCUT2D eigenvalue weighted by molar-refractivity contribution is 7.73. The van der Waals surface area contributed by atoms with Gasteiger partial charge in [0.1, 0.15) is 17.6 Å². The molecule has 0 unspecified atom stereocenters. The van der Waals surface area contributed by atoms with Gasteiger partial charge in [-0.25, -0.2) is 9.97 Å². The highest BCUT2D eigenvalue weighted by atomic mass is 32.1. The van der Waals surface area contributed by atoms with Gasteiger partial charge in [-0.3, -0.25) is 14.2 Å². The topological polar surface area (TPSA) is 81.8 Å². The molecular formula is C22H21N5O2S3. The molecule has 0 bridgehead atoms. The maximum Gasteiger partial charge on any atom is 0.273 e. The smallest absolute Gasteiger partial charge is 0.273 e. The molecule has 7 nitrogen and oxygen atoms in total. The second kappa shape index (κ2) is 8.89. The molecule has 0 radical (unpaired) electrons. The van der Waals surface area contributed by atoms with E-state index in [1.54, 1.807) is 10.6 Å². The average Bonchev–Trinajstić information content (AvgIpc) is 3.29. The van der Waals surface area contributed by atoms with Crippen LogP contribution in [0.1, 0.15) is 16.7 Å². The maximum absolute atomic E-state index is 12.8. The van der Waals surface area contributed by atoms with Gasteiger partial charge in [-0.1, -0.05) is 35.1 Å². The number of rotatable bonds is 6. The molecule has 3 aromatic heterocycles. The van der Waals surface area contributed by atoms with Crippen LogP contribution in [0.25, 0.3) is 21.6 Å². The maximum atomic E-state index is 12.8. The van der Waals surface area contributed by atoms with Crippen molar-refractivity contribution in [3.8, 4) is 11.3 Å². The van der Waals surface area contributed by atoms with Gasteiger partial charge < -0.3 is 9.88 Å². The van der Waals surface area contributed by atoms with Crippen LogP contribution in [0.2, 0.25) is 0 Å². The van der Waals surface area contributed by atoms with Crippen molar-refractivity contribution in [3.63, 3.8) is 0 Å². The summed E-state index contributed by atoms with van der Waals surface area (Å²) < 4.78 is 4.00. The molecule has 0 aliphatic rings. The summed E-state index contributed by atoms with van der Waals surface area (Å²) in [5.41, 5.74) is 5.59. The zero-order chi connectivity index (χ0) is 23.0. The summed E-state index contributed by atoms with van der Waals surface area (Å²) in [4.78, 5) is 34.4. The van der Waals surface area contributed by atoms with Crippen LogP contribution in [-0.4, -0.2) is 25.0 Å². The molecule has 3 heterocycles. The highest BCUT2D eigenvalue weighted by Gasteiger charge is 2.15. The molecule has 0 saturated heterocycles. The van der Waals surface area contributed by atoms with Gasteiger partial charge in [-0.15, -0.1) is 17.9 Å². The van der Waals surface area contributed by atoms with Crippen LogP contribution in [-0.2, 0) is 17.9 Å². The van der Waals surface area contributed by atoms with E-state index in [1.165, 1.54) is 39.1 Å². The Balaban J connectivity index is 1.55. The normalized spacial score (nSPS) is 11.1. The van der Waals surface area contributed by atoms with E-state index < -0.39 is 0 Å². The Bertz CT molecular complexity index is 1450. The second-order valence-electron chi connectivity index (χ2n) is 7.46. The lowest BCUT2D eigenvalue weighted by Gasteiger charge is -2.09. The number of carbonyl (C=O) groups is 1. The number of nitrogens with one attached hydrogen (secondary N) is 1. The van der Waals surface area contributed by atoms with E-state index in [-0.39, 0.29) is 18.0 Å². The molecule has 4 rings (SSSR count). The van der Waals surface area contributed by atoms with Crippen molar-refractivity contribution in [3.05, 3.63) is 67.5 Å². The van der Waals surface area contributed by atoms with Crippen molar-refractivity contribution >= 4 is 56.3 Å². The van der Waals surface area contributed by atoms with Gasteiger partial charge in [0.2, 0.25) is 5.91 Å². The quantitative estimate of drug-likeness (QED) is 0.313. The lowest BCUT2D eigenvalue weighted by molar-refractivity contribution is -0.116. The van der Waals surface area contributed by atoms with Crippen molar-refractivity contribution in [2.75, 3.05) is 5.32 Å². The number of aromatic nitrogens is 4. The summed E-state index contributed by atoms with van der Waals surface area (Å²) in [6.07, 6.45) is 3.07. The fraction of sp³-hybridized carbons (Fsp3) is 0.227. The zero-order valence-corrected chi connectivity index (χ0v) is 20.3. The minimum absolute atomic E-state index is 0.161. The number of benzene rings is 1. The molecule has 1 amide bonds. The molecule has 0 saturated carbocycles. The Morgan fingerprint density at radius 3 is 2.69 bits per heavy atom. The fourth-order valence-electron chi connectivity index (χ4n) is 3.72. The van der Waals surface area contributed by atoms with E-state index in [2.05, 4.69) is 54.8 Å². The second-order valence-corrected chi connectivity index (χ2v) is 9.96. The molecule has 164 valence electrons. The van der Waals surface area contributed by atoms with Gasteiger partial charge >= 0.3 is 0 Å². The van der Waals surface area contributed by atoms with E-state index in [4.69, 9.17) is 12.2 Å². The van der Waals surface area contributed by atoms with Gasteiger partial charge in [0.25, 0.3) is 5.56 Å². The van der Waals surface area contributed by atoms with E-state index in [9.17, 15) is 9.59 Å². The van der Waals surface area contributed by atoms with Gasteiger partial charge in [0.05, 0.1) is 5.69 Å². The Kier molecular flexibility index (Phi) is 6.18. The van der Waals surface area contributed by atoms with Gasteiger partial charge in [0, 0.05) is 17.5 Å². The van der Waals surface area contributed by atoms with E-state index in [0.717, 1.165) is 22.4 Å². The Morgan fingerprint density at radius 1 is 1.28 bits per heavy atom. The first-order chi connectivity index (χ1) is 15.3. The lowest BCUT2D eigenvalue weighted by atomic mass is 9.98. The molecule has 10 heteroatoms. The van der Waals surface area contributed by atoms with Crippen molar-refractivity contribution < 1.29 is 4.79 Å². The van der Waals surface area contributed by atoms with E-state index >= 15 is 0 Å². The summed E-state index contributed by atoms with van der Waals surface area (Å²) in [7, 11) is 0. The predicted octanol–water partition coefficient (Wildman–Crippen LogP) is 4.86. The third kappa shape index (κ3) is 4.21. The van der Waals surface area contributed by atoms with Crippen LogP contribution in [0.4, 0.5) is 5.13 Å². The summed E-state index contributed by atoms with van der Waals surface area (Å²) >= 11 is 7.86.